The molecule has 0 amide bonds. The Hall–Kier alpha value is -0.260. The van der Waals surface area contributed by atoms with Crippen LogP contribution in [0.25, 0.3) is 0 Å². The molecule has 0 nitrogen and oxygen atoms in total. The first-order valence-electron chi connectivity index (χ1n) is 4.60. The van der Waals surface area contributed by atoms with E-state index in [9.17, 15) is 0 Å². The lowest BCUT2D eigenvalue weighted by Gasteiger charge is -2.12. The molecule has 1 rings (SSSR count). The zero-order valence-electron chi connectivity index (χ0n) is 8.28. The Morgan fingerprint density at radius 1 is 1.64 bits per heavy atom. The van der Waals surface area contributed by atoms with Crippen LogP contribution in [0.2, 0.25) is 0 Å². The second kappa shape index (κ2) is 2.66. The van der Waals surface area contributed by atoms with E-state index in [1.54, 1.807) is 0 Å². The number of hydrogen-bond acceptors (Lipinski definition) is 0. The molecule has 0 heteroatoms. The zero-order valence-corrected chi connectivity index (χ0v) is 8.28. The number of allylic oxidation sites excluding steroid dienone is 1. The molecule has 0 spiro atoms. The SMILES string of the molecule is C=C(C)CC1(C)CC1C(C)C. The van der Waals surface area contributed by atoms with Crippen molar-refractivity contribution in [3.63, 3.8) is 0 Å². The largest absolute Gasteiger partial charge is 0.100 e. The second-order valence-corrected chi connectivity index (χ2v) is 4.84. The molecule has 0 saturated heterocycles. The highest BCUT2D eigenvalue weighted by molar-refractivity contribution is 5.07. The summed E-state index contributed by atoms with van der Waals surface area (Å²) in [5.74, 6) is 1.82. The van der Waals surface area contributed by atoms with E-state index >= 15 is 0 Å². The van der Waals surface area contributed by atoms with Gasteiger partial charge in [-0.25, -0.2) is 0 Å². The molecule has 1 fully saturated rings. The first-order chi connectivity index (χ1) is 4.96. The maximum atomic E-state index is 3.97. The average Bonchev–Trinajstić information content (AvgIpc) is 2.39. The standard InChI is InChI=1S/C11H20/c1-8(2)6-11(5)7-10(11)9(3)4/h9-10H,1,6-7H2,2-5H3. The summed E-state index contributed by atoms with van der Waals surface area (Å²) in [6.45, 7) is 13.2. The summed E-state index contributed by atoms with van der Waals surface area (Å²) in [7, 11) is 0. The lowest BCUT2D eigenvalue weighted by atomic mass is 9.93. The van der Waals surface area contributed by atoms with Crippen LogP contribution in [-0.4, -0.2) is 0 Å². The first kappa shape index (κ1) is 8.83. The number of rotatable bonds is 3. The van der Waals surface area contributed by atoms with E-state index in [-0.39, 0.29) is 0 Å². The quantitative estimate of drug-likeness (QED) is 0.542. The van der Waals surface area contributed by atoms with Crippen molar-refractivity contribution < 1.29 is 0 Å². The van der Waals surface area contributed by atoms with Gasteiger partial charge in [-0.15, -0.1) is 6.58 Å². The summed E-state index contributed by atoms with van der Waals surface area (Å²) in [4.78, 5) is 0. The minimum atomic E-state index is 0.611. The Balaban J connectivity index is 2.42. The lowest BCUT2D eigenvalue weighted by Crippen LogP contribution is -2.03. The molecule has 0 aliphatic heterocycles. The van der Waals surface area contributed by atoms with E-state index in [1.165, 1.54) is 18.4 Å². The van der Waals surface area contributed by atoms with Crippen molar-refractivity contribution in [2.24, 2.45) is 17.3 Å². The van der Waals surface area contributed by atoms with E-state index in [1.807, 2.05) is 0 Å². The van der Waals surface area contributed by atoms with Crippen molar-refractivity contribution in [1.82, 2.24) is 0 Å². The molecule has 0 N–H and O–H groups in total. The van der Waals surface area contributed by atoms with Crippen molar-refractivity contribution in [3.8, 4) is 0 Å². The fourth-order valence-corrected chi connectivity index (χ4v) is 2.38. The van der Waals surface area contributed by atoms with E-state index in [4.69, 9.17) is 0 Å². The molecule has 11 heavy (non-hydrogen) atoms. The Morgan fingerprint density at radius 3 is 2.45 bits per heavy atom. The van der Waals surface area contributed by atoms with Gasteiger partial charge in [-0.1, -0.05) is 26.3 Å². The van der Waals surface area contributed by atoms with Crippen LogP contribution in [0.5, 0.6) is 0 Å². The van der Waals surface area contributed by atoms with Gasteiger partial charge in [-0.05, 0) is 37.0 Å². The van der Waals surface area contributed by atoms with Crippen molar-refractivity contribution in [1.29, 1.82) is 0 Å². The lowest BCUT2D eigenvalue weighted by molar-refractivity contribution is 0.419. The summed E-state index contributed by atoms with van der Waals surface area (Å²) in [6, 6.07) is 0. The monoisotopic (exact) mass is 152 g/mol. The minimum Gasteiger partial charge on any atom is -0.100 e. The third-order valence-corrected chi connectivity index (χ3v) is 2.93. The van der Waals surface area contributed by atoms with E-state index in [0.29, 0.717) is 5.41 Å². The predicted molar refractivity (Wildman–Crippen MR) is 50.5 cm³/mol. The summed E-state index contributed by atoms with van der Waals surface area (Å²) >= 11 is 0. The van der Waals surface area contributed by atoms with Crippen molar-refractivity contribution in [2.45, 2.75) is 40.5 Å². The molecule has 2 unspecified atom stereocenters. The van der Waals surface area contributed by atoms with Crippen LogP contribution in [0.15, 0.2) is 12.2 Å². The summed E-state index contributed by atoms with van der Waals surface area (Å²) in [5, 5.41) is 0. The molecule has 0 radical (unpaired) electrons. The Morgan fingerprint density at radius 2 is 2.18 bits per heavy atom. The van der Waals surface area contributed by atoms with Crippen LogP contribution in [0.3, 0.4) is 0 Å². The molecule has 0 heterocycles. The van der Waals surface area contributed by atoms with Gasteiger partial charge < -0.3 is 0 Å². The Bertz CT molecular complexity index is 167. The van der Waals surface area contributed by atoms with Crippen LogP contribution in [0, 0.1) is 17.3 Å². The maximum Gasteiger partial charge on any atom is -0.0255 e. The van der Waals surface area contributed by atoms with Crippen molar-refractivity contribution in [3.05, 3.63) is 12.2 Å². The molecule has 1 aliphatic rings. The summed E-state index contributed by atoms with van der Waals surface area (Å²) < 4.78 is 0. The van der Waals surface area contributed by atoms with Crippen LogP contribution in [0.4, 0.5) is 0 Å². The van der Waals surface area contributed by atoms with E-state index in [0.717, 1.165) is 11.8 Å². The van der Waals surface area contributed by atoms with Gasteiger partial charge >= 0.3 is 0 Å². The van der Waals surface area contributed by atoms with Gasteiger partial charge in [0.15, 0.2) is 0 Å². The van der Waals surface area contributed by atoms with Gasteiger partial charge in [0.05, 0.1) is 0 Å². The fraction of sp³-hybridized carbons (Fsp3) is 0.818. The van der Waals surface area contributed by atoms with Gasteiger partial charge in [0.1, 0.15) is 0 Å². The summed E-state index contributed by atoms with van der Waals surface area (Å²) in [6.07, 6.45) is 2.65. The third-order valence-electron chi connectivity index (χ3n) is 2.93. The summed E-state index contributed by atoms with van der Waals surface area (Å²) in [5.41, 5.74) is 1.95. The molecule has 1 saturated carbocycles. The van der Waals surface area contributed by atoms with Gasteiger partial charge in [0.25, 0.3) is 0 Å². The highest BCUT2D eigenvalue weighted by Crippen LogP contribution is 2.59. The van der Waals surface area contributed by atoms with Crippen LogP contribution < -0.4 is 0 Å². The van der Waals surface area contributed by atoms with Gasteiger partial charge in [-0.2, -0.15) is 0 Å². The topological polar surface area (TPSA) is 0 Å². The number of hydrogen-bond donors (Lipinski definition) is 0. The third kappa shape index (κ3) is 1.85. The molecule has 0 aromatic heterocycles. The molecule has 0 bridgehead atoms. The molecule has 64 valence electrons. The maximum absolute atomic E-state index is 3.97. The highest BCUT2D eigenvalue weighted by atomic mass is 14.5. The molecule has 0 aromatic rings. The average molecular weight is 152 g/mol. The smallest absolute Gasteiger partial charge is 0.0255 e. The predicted octanol–water partition coefficient (Wildman–Crippen LogP) is 3.63. The van der Waals surface area contributed by atoms with Crippen LogP contribution >= 0.6 is 0 Å². The fourth-order valence-electron chi connectivity index (χ4n) is 2.38. The molecular formula is C11H20. The zero-order chi connectivity index (χ0) is 8.65. The van der Waals surface area contributed by atoms with Crippen LogP contribution in [-0.2, 0) is 0 Å². The van der Waals surface area contributed by atoms with Gasteiger partial charge in [0, 0.05) is 0 Å². The Labute approximate surface area is 70.7 Å². The van der Waals surface area contributed by atoms with Crippen LogP contribution in [0.1, 0.15) is 40.5 Å². The first-order valence-corrected chi connectivity index (χ1v) is 4.60. The van der Waals surface area contributed by atoms with E-state index in [2.05, 4.69) is 34.3 Å². The van der Waals surface area contributed by atoms with E-state index < -0.39 is 0 Å². The molecule has 1 aliphatic carbocycles. The molecular weight excluding hydrogens is 132 g/mol. The van der Waals surface area contributed by atoms with Gasteiger partial charge in [0.2, 0.25) is 0 Å². The highest BCUT2D eigenvalue weighted by Gasteiger charge is 2.50. The minimum absolute atomic E-state index is 0.611. The van der Waals surface area contributed by atoms with Crippen molar-refractivity contribution in [2.75, 3.05) is 0 Å². The second-order valence-electron chi connectivity index (χ2n) is 4.84. The van der Waals surface area contributed by atoms with Crippen molar-refractivity contribution >= 4 is 0 Å². The molecule has 2 atom stereocenters. The Kier molecular flexibility index (Phi) is 2.13. The molecule has 0 aromatic carbocycles. The van der Waals surface area contributed by atoms with Gasteiger partial charge in [-0.3, -0.25) is 0 Å². The normalized spacial score (nSPS) is 35.9.